The Morgan fingerprint density at radius 1 is 1.18 bits per heavy atom. The third-order valence-corrected chi connectivity index (χ3v) is 5.44. The van der Waals surface area contributed by atoms with Gasteiger partial charge in [-0.15, -0.1) is 4.40 Å². The molecule has 10 nitrogen and oxygen atoms in total. The maximum Gasteiger partial charge on any atom is 0.316 e. The fourth-order valence-corrected chi connectivity index (χ4v) is 3.92. The minimum atomic E-state index is -3.96. The fourth-order valence-electron chi connectivity index (χ4n) is 2.77. The first-order valence-electron chi connectivity index (χ1n) is 8.09. The molecule has 0 spiro atoms. The topological polar surface area (TPSA) is 121 Å². The summed E-state index contributed by atoms with van der Waals surface area (Å²) < 4.78 is 39.4. The van der Waals surface area contributed by atoms with Gasteiger partial charge in [-0.2, -0.15) is 8.42 Å². The maximum atomic E-state index is 12.6. The lowest BCUT2D eigenvalue weighted by Gasteiger charge is -2.26. The molecule has 0 fully saturated rings. The van der Waals surface area contributed by atoms with Crippen LogP contribution in [0.4, 0.5) is 11.4 Å². The van der Waals surface area contributed by atoms with E-state index in [1.807, 2.05) is 0 Å². The molecule has 11 heteroatoms. The lowest BCUT2D eigenvalue weighted by atomic mass is 10.2. The van der Waals surface area contributed by atoms with Crippen molar-refractivity contribution in [1.82, 2.24) is 4.90 Å². The molecule has 0 amide bonds. The summed E-state index contributed by atoms with van der Waals surface area (Å²) in [5.41, 5.74) is 1.05. The third-order valence-electron chi connectivity index (χ3n) is 4.13. The molecule has 0 radical (unpaired) electrons. The van der Waals surface area contributed by atoms with E-state index in [0.717, 1.165) is 0 Å². The highest BCUT2D eigenvalue weighted by molar-refractivity contribution is 7.90. The monoisotopic (exact) mass is 407 g/mol. The number of guanidine groups is 1. The number of sulfonamides is 1. The molecule has 2 aromatic carbocycles. The Morgan fingerprint density at radius 3 is 2.50 bits per heavy atom. The molecule has 1 aliphatic rings. The van der Waals surface area contributed by atoms with Gasteiger partial charge in [-0.1, -0.05) is 12.1 Å². The highest BCUT2D eigenvalue weighted by atomic mass is 32.2. The van der Waals surface area contributed by atoms with Gasteiger partial charge in [0.1, 0.15) is 4.90 Å². The number of fused-ring (bicyclic) bond motifs is 1. The van der Waals surface area contributed by atoms with E-state index < -0.39 is 10.0 Å². The van der Waals surface area contributed by atoms with E-state index in [1.54, 1.807) is 24.1 Å². The minimum Gasteiger partial charge on any atom is -0.493 e. The molecule has 3 rings (SSSR count). The molecule has 0 saturated carbocycles. The van der Waals surface area contributed by atoms with Crippen molar-refractivity contribution >= 4 is 27.4 Å². The number of hydrogen-bond acceptors (Lipinski definition) is 7. The van der Waals surface area contributed by atoms with Crippen molar-refractivity contribution in [2.24, 2.45) is 4.40 Å². The highest BCUT2D eigenvalue weighted by Crippen LogP contribution is 2.38. The Hall–Kier alpha value is -3.34. The number of hydrogen-bond donors (Lipinski definition) is 2. The second-order valence-electron chi connectivity index (χ2n) is 6.02. The van der Waals surface area contributed by atoms with Crippen molar-refractivity contribution in [2.45, 2.75) is 11.4 Å². The first-order valence-corrected chi connectivity index (χ1v) is 9.53. The summed E-state index contributed by atoms with van der Waals surface area (Å²) in [4.78, 5) is 12.4. The van der Waals surface area contributed by atoms with Gasteiger partial charge < -0.3 is 19.7 Å². The summed E-state index contributed by atoms with van der Waals surface area (Å²) in [7, 11) is 0.559. The number of rotatable bonds is 5. The van der Waals surface area contributed by atoms with Gasteiger partial charge in [0.2, 0.25) is 5.96 Å². The summed E-state index contributed by atoms with van der Waals surface area (Å²) >= 11 is 0. The molecule has 0 saturated heterocycles. The first-order chi connectivity index (χ1) is 13.2. The van der Waals surface area contributed by atoms with Crippen molar-refractivity contribution in [1.29, 1.82) is 0 Å². The van der Waals surface area contributed by atoms with E-state index >= 15 is 0 Å². The average Bonchev–Trinajstić information content (AvgIpc) is 2.66. The lowest BCUT2D eigenvalue weighted by Crippen LogP contribution is -2.36. The Balaban J connectivity index is 1.92. The molecule has 148 valence electrons. The zero-order valence-corrected chi connectivity index (χ0v) is 16.2. The predicted molar refractivity (Wildman–Crippen MR) is 101 cm³/mol. The van der Waals surface area contributed by atoms with Crippen LogP contribution >= 0.6 is 0 Å². The zero-order chi connectivity index (χ0) is 20.5. The van der Waals surface area contributed by atoms with Crippen LogP contribution in [0.2, 0.25) is 0 Å². The van der Waals surface area contributed by atoms with Gasteiger partial charge in [0, 0.05) is 37.9 Å². The molecule has 0 unspecified atom stereocenters. The smallest absolute Gasteiger partial charge is 0.316 e. The van der Waals surface area contributed by atoms with E-state index in [4.69, 9.17) is 14.7 Å². The van der Waals surface area contributed by atoms with Gasteiger partial charge in [0.05, 0.1) is 24.8 Å². The molecule has 2 aromatic rings. The van der Waals surface area contributed by atoms with Crippen molar-refractivity contribution < 1.29 is 28.0 Å². The van der Waals surface area contributed by atoms with Crippen LogP contribution in [-0.4, -0.2) is 50.7 Å². The molecule has 1 heterocycles. The molecule has 1 aliphatic heterocycles. The van der Waals surface area contributed by atoms with Crippen LogP contribution in [0.5, 0.6) is 11.5 Å². The van der Waals surface area contributed by atoms with Crippen LogP contribution in [0.1, 0.15) is 5.56 Å². The highest BCUT2D eigenvalue weighted by Gasteiger charge is 2.29. The van der Waals surface area contributed by atoms with E-state index in [1.165, 1.54) is 38.5 Å². The van der Waals surface area contributed by atoms with E-state index in [0.29, 0.717) is 17.0 Å². The van der Waals surface area contributed by atoms with Gasteiger partial charge >= 0.3 is 5.69 Å². The SMILES string of the molecule is COc1cc2c(cc1OC)S(=O)(=O)N=C(N(C)Cc1cccc([N+](=O)O)c1)N2. The molecular weight excluding hydrogens is 388 g/mol. The Bertz CT molecular complexity index is 1070. The number of nitrogens with zero attached hydrogens (tertiary/aromatic N) is 3. The minimum absolute atomic E-state index is 0.0217. The zero-order valence-electron chi connectivity index (χ0n) is 15.4. The number of anilines is 1. The number of nitrogens with one attached hydrogen (secondary N) is 1. The molecule has 0 atom stereocenters. The van der Waals surface area contributed by atoms with Gasteiger partial charge in [-0.3, -0.25) is 0 Å². The van der Waals surface area contributed by atoms with Crippen molar-refractivity contribution in [3.63, 3.8) is 0 Å². The van der Waals surface area contributed by atoms with Crippen molar-refractivity contribution in [2.75, 3.05) is 26.6 Å². The summed E-state index contributed by atoms with van der Waals surface area (Å²) in [6.07, 6.45) is 0. The van der Waals surface area contributed by atoms with E-state index in [-0.39, 0.29) is 33.8 Å². The lowest BCUT2D eigenvalue weighted by molar-refractivity contribution is -0.729. The van der Waals surface area contributed by atoms with Crippen molar-refractivity contribution in [3.8, 4) is 11.5 Å². The van der Waals surface area contributed by atoms with Gasteiger partial charge in [-0.05, 0) is 5.56 Å². The van der Waals surface area contributed by atoms with Crippen LogP contribution in [-0.2, 0) is 16.6 Å². The summed E-state index contributed by atoms with van der Waals surface area (Å²) in [5, 5.41) is 12.0. The van der Waals surface area contributed by atoms with Crippen LogP contribution < -0.4 is 14.8 Å². The second-order valence-corrected chi connectivity index (χ2v) is 7.59. The van der Waals surface area contributed by atoms with Gasteiger partial charge in [0.15, 0.2) is 11.5 Å². The normalized spacial score (nSPS) is 14.3. The molecule has 2 N–H and O–H groups in total. The van der Waals surface area contributed by atoms with Crippen LogP contribution in [0.3, 0.4) is 0 Å². The Kier molecular flexibility index (Phi) is 5.10. The summed E-state index contributed by atoms with van der Waals surface area (Å²) in [6, 6.07) is 9.17. The number of ether oxygens (including phenoxy) is 2. The molecule has 0 aromatic heterocycles. The second kappa shape index (κ2) is 7.35. The van der Waals surface area contributed by atoms with Crippen LogP contribution in [0.25, 0.3) is 0 Å². The van der Waals surface area contributed by atoms with Crippen LogP contribution in [0, 0.1) is 4.91 Å². The van der Waals surface area contributed by atoms with E-state index in [9.17, 15) is 13.3 Å². The standard InChI is InChI=1S/C17H19N4O6S/c1-20(10-11-5-4-6-12(7-11)21(22)23)17-18-13-8-14(26-2)15(27-3)9-16(13)28(24,25)19-17/h4-9H,10H2,1-3H3,(H,18,19)(H,22,23)/q+1. The quantitative estimate of drug-likeness (QED) is 0.723. The number of methoxy groups -OCH3 is 2. The largest absolute Gasteiger partial charge is 0.493 e. The average molecular weight is 407 g/mol. The third kappa shape index (κ3) is 3.69. The Morgan fingerprint density at radius 2 is 1.86 bits per heavy atom. The molecule has 0 bridgehead atoms. The van der Waals surface area contributed by atoms with Crippen LogP contribution in [0.15, 0.2) is 45.7 Å². The maximum absolute atomic E-state index is 12.6. The Labute approximate surface area is 161 Å². The van der Waals surface area contributed by atoms with Gasteiger partial charge in [0.25, 0.3) is 14.9 Å². The fraction of sp³-hybridized carbons (Fsp3) is 0.235. The molecule has 0 aliphatic carbocycles. The van der Waals surface area contributed by atoms with Crippen molar-refractivity contribution in [3.05, 3.63) is 46.9 Å². The number of benzene rings is 2. The predicted octanol–water partition coefficient (Wildman–Crippen LogP) is 2.11. The van der Waals surface area contributed by atoms with E-state index in [2.05, 4.69) is 9.71 Å². The first kappa shape index (κ1) is 19.4. The molecular formula is C17H19N4O6S+. The van der Waals surface area contributed by atoms with Gasteiger partial charge in [-0.25, -0.2) is 5.21 Å². The summed E-state index contributed by atoms with van der Waals surface area (Å²) in [5.74, 6) is 0.758. The summed E-state index contributed by atoms with van der Waals surface area (Å²) in [6.45, 7) is 0.242. The molecule has 28 heavy (non-hydrogen) atoms.